The Bertz CT molecular complexity index is 835. The normalized spacial score (nSPS) is 15.7. The number of carbonyl (C=O) groups excluding carboxylic acids is 1. The van der Waals surface area contributed by atoms with Crippen LogP contribution in [-0.4, -0.2) is 32.2 Å². The van der Waals surface area contributed by atoms with Crippen molar-refractivity contribution in [3.05, 3.63) is 70.5 Å². The first kappa shape index (κ1) is 19.4. The highest BCUT2D eigenvalue weighted by Gasteiger charge is 2.14. The van der Waals surface area contributed by atoms with E-state index in [1.54, 1.807) is 6.07 Å². The fourth-order valence-corrected chi connectivity index (χ4v) is 3.12. The predicted octanol–water partition coefficient (Wildman–Crippen LogP) is 4.21. The molecule has 2 aromatic rings. The summed E-state index contributed by atoms with van der Waals surface area (Å²) in [5, 5.41) is 3.23. The quantitative estimate of drug-likeness (QED) is 0.780. The summed E-state index contributed by atoms with van der Waals surface area (Å²) < 4.78 is 19.2. The molecule has 0 spiro atoms. The van der Waals surface area contributed by atoms with Crippen molar-refractivity contribution in [1.82, 2.24) is 5.32 Å². The Morgan fingerprint density at radius 1 is 1.26 bits per heavy atom. The SMILES string of the molecule is CC(NC(=O)/C=C/c1ccc(Cl)cc1F)c1cccc(N2CCOCC2)c1. The minimum atomic E-state index is -0.460. The number of benzene rings is 2. The summed E-state index contributed by atoms with van der Waals surface area (Å²) in [6.45, 7) is 5.09. The van der Waals surface area contributed by atoms with Crippen LogP contribution in [0.15, 0.2) is 48.5 Å². The summed E-state index contributed by atoms with van der Waals surface area (Å²) in [6.07, 6.45) is 2.77. The van der Waals surface area contributed by atoms with Gasteiger partial charge in [0.15, 0.2) is 0 Å². The third-order valence-electron chi connectivity index (χ3n) is 4.48. The maximum Gasteiger partial charge on any atom is 0.244 e. The average Bonchev–Trinajstić information content (AvgIpc) is 2.68. The van der Waals surface area contributed by atoms with Gasteiger partial charge in [-0.15, -0.1) is 0 Å². The second-order valence-corrected chi connectivity index (χ2v) is 6.86. The van der Waals surface area contributed by atoms with Gasteiger partial charge in [-0.05, 0) is 42.8 Å². The van der Waals surface area contributed by atoms with E-state index in [9.17, 15) is 9.18 Å². The lowest BCUT2D eigenvalue weighted by Crippen LogP contribution is -2.36. The van der Waals surface area contributed by atoms with Crippen LogP contribution < -0.4 is 10.2 Å². The number of anilines is 1. The molecule has 0 aliphatic carbocycles. The molecule has 0 bridgehead atoms. The average molecular weight is 389 g/mol. The van der Waals surface area contributed by atoms with Crippen molar-refractivity contribution in [2.24, 2.45) is 0 Å². The summed E-state index contributed by atoms with van der Waals surface area (Å²) in [5.41, 5.74) is 2.45. The van der Waals surface area contributed by atoms with Crippen molar-refractivity contribution in [1.29, 1.82) is 0 Å². The van der Waals surface area contributed by atoms with E-state index in [1.165, 1.54) is 24.3 Å². The third-order valence-corrected chi connectivity index (χ3v) is 4.72. The maximum absolute atomic E-state index is 13.8. The minimum absolute atomic E-state index is 0.168. The minimum Gasteiger partial charge on any atom is -0.378 e. The van der Waals surface area contributed by atoms with E-state index in [0.717, 1.165) is 37.6 Å². The molecule has 1 aliphatic rings. The van der Waals surface area contributed by atoms with Crippen LogP contribution in [-0.2, 0) is 9.53 Å². The van der Waals surface area contributed by atoms with Gasteiger partial charge < -0.3 is 15.0 Å². The number of rotatable bonds is 5. The van der Waals surface area contributed by atoms with Crippen LogP contribution in [0.2, 0.25) is 5.02 Å². The number of nitrogens with one attached hydrogen (secondary N) is 1. The van der Waals surface area contributed by atoms with E-state index in [2.05, 4.69) is 22.3 Å². The molecule has 4 nitrogen and oxygen atoms in total. The van der Waals surface area contributed by atoms with Gasteiger partial charge in [-0.1, -0.05) is 29.8 Å². The number of morpholine rings is 1. The lowest BCUT2D eigenvalue weighted by Gasteiger charge is -2.29. The molecule has 0 aromatic heterocycles. The molecule has 3 rings (SSSR count). The van der Waals surface area contributed by atoms with E-state index in [4.69, 9.17) is 16.3 Å². The predicted molar refractivity (Wildman–Crippen MR) is 106 cm³/mol. The van der Waals surface area contributed by atoms with Crippen molar-refractivity contribution in [2.45, 2.75) is 13.0 Å². The summed E-state index contributed by atoms with van der Waals surface area (Å²) in [5.74, 6) is -0.744. The smallest absolute Gasteiger partial charge is 0.244 e. The number of carbonyl (C=O) groups is 1. The van der Waals surface area contributed by atoms with Gasteiger partial charge in [0, 0.05) is 35.4 Å². The number of hydrogen-bond donors (Lipinski definition) is 1. The van der Waals surface area contributed by atoms with Crippen LogP contribution in [0.5, 0.6) is 0 Å². The van der Waals surface area contributed by atoms with E-state index < -0.39 is 5.82 Å². The van der Waals surface area contributed by atoms with Crippen molar-refractivity contribution in [3.8, 4) is 0 Å². The molecule has 6 heteroatoms. The zero-order valence-corrected chi connectivity index (χ0v) is 15.9. The van der Waals surface area contributed by atoms with Gasteiger partial charge in [0.25, 0.3) is 0 Å². The fraction of sp³-hybridized carbons (Fsp3) is 0.286. The highest BCUT2D eigenvalue weighted by atomic mass is 35.5. The van der Waals surface area contributed by atoms with Gasteiger partial charge >= 0.3 is 0 Å². The summed E-state index contributed by atoms with van der Waals surface area (Å²) in [6, 6.07) is 12.3. The second kappa shape index (κ2) is 9.02. The van der Waals surface area contributed by atoms with Crippen molar-refractivity contribution >= 4 is 29.3 Å². The Morgan fingerprint density at radius 2 is 2.04 bits per heavy atom. The lowest BCUT2D eigenvalue weighted by atomic mass is 10.1. The molecule has 0 saturated carbocycles. The number of hydrogen-bond acceptors (Lipinski definition) is 3. The Hall–Kier alpha value is -2.37. The number of nitrogens with zero attached hydrogens (tertiary/aromatic N) is 1. The largest absolute Gasteiger partial charge is 0.378 e. The number of ether oxygens (including phenoxy) is 1. The zero-order chi connectivity index (χ0) is 19.2. The maximum atomic E-state index is 13.8. The van der Waals surface area contributed by atoms with Gasteiger partial charge in [-0.25, -0.2) is 4.39 Å². The first-order valence-electron chi connectivity index (χ1n) is 8.89. The Morgan fingerprint density at radius 3 is 2.78 bits per heavy atom. The summed E-state index contributed by atoms with van der Waals surface area (Å²) in [7, 11) is 0. The Balaban J connectivity index is 1.63. The molecule has 0 radical (unpaired) electrons. The molecule has 1 saturated heterocycles. The van der Waals surface area contributed by atoms with Gasteiger partial charge in [0.1, 0.15) is 5.82 Å². The topological polar surface area (TPSA) is 41.6 Å². The van der Waals surface area contributed by atoms with Crippen LogP contribution in [0, 0.1) is 5.82 Å². The third kappa shape index (κ3) is 5.31. The molecule has 1 N–H and O–H groups in total. The summed E-state index contributed by atoms with van der Waals surface area (Å²) >= 11 is 5.73. The van der Waals surface area contributed by atoms with Crippen molar-refractivity contribution < 1.29 is 13.9 Å². The molecular weight excluding hydrogens is 367 g/mol. The van der Waals surface area contributed by atoms with Gasteiger partial charge in [-0.3, -0.25) is 4.79 Å². The molecular formula is C21H22ClFN2O2. The van der Waals surface area contributed by atoms with Crippen LogP contribution in [0.4, 0.5) is 10.1 Å². The van der Waals surface area contributed by atoms with Crippen LogP contribution in [0.25, 0.3) is 6.08 Å². The molecule has 1 aliphatic heterocycles. The zero-order valence-electron chi connectivity index (χ0n) is 15.1. The van der Waals surface area contributed by atoms with E-state index in [-0.39, 0.29) is 11.9 Å². The molecule has 1 heterocycles. The van der Waals surface area contributed by atoms with E-state index >= 15 is 0 Å². The Labute approximate surface area is 163 Å². The molecule has 1 amide bonds. The van der Waals surface area contributed by atoms with Crippen LogP contribution in [0.3, 0.4) is 0 Å². The van der Waals surface area contributed by atoms with Gasteiger partial charge in [0.05, 0.1) is 19.3 Å². The first-order chi connectivity index (χ1) is 13.0. The molecule has 1 unspecified atom stereocenters. The number of halogens is 2. The first-order valence-corrected chi connectivity index (χ1v) is 9.27. The highest BCUT2D eigenvalue weighted by molar-refractivity contribution is 6.30. The van der Waals surface area contributed by atoms with Gasteiger partial charge in [-0.2, -0.15) is 0 Å². The van der Waals surface area contributed by atoms with Crippen LogP contribution in [0.1, 0.15) is 24.1 Å². The molecule has 27 heavy (non-hydrogen) atoms. The second-order valence-electron chi connectivity index (χ2n) is 6.42. The van der Waals surface area contributed by atoms with Crippen LogP contribution >= 0.6 is 11.6 Å². The molecule has 1 fully saturated rings. The van der Waals surface area contributed by atoms with E-state index in [1.807, 2.05) is 19.1 Å². The van der Waals surface area contributed by atoms with E-state index in [0.29, 0.717) is 10.6 Å². The monoisotopic (exact) mass is 388 g/mol. The van der Waals surface area contributed by atoms with Crippen molar-refractivity contribution in [2.75, 3.05) is 31.2 Å². The molecule has 142 valence electrons. The molecule has 2 aromatic carbocycles. The van der Waals surface area contributed by atoms with Crippen molar-refractivity contribution in [3.63, 3.8) is 0 Å². The number of amides is 1. The standard InChI is InChI=1S/C21H22ClFN2O2/c1-15(17-3-2-4-19(13-17)25-9-11-27-12-10-25)24-21(26)8-6-16-5-7-18(22)14-20(16)23/h2-8,13-15H,9-12H2,1H3,(H,24,26)/b8-6+. The molecule has 1 atom stereocenters. The fourth-order valence-electron chi connectivity index (χ4n) is 2.96. The van der Waals surface area contributed by atoms with Gasteiger partial charge in [0.2, 0.25) is 5.91 Å². The summed E-state index contributed by atoms with van der Waals surface area (Å²) in [4.78, 5) is 14.5. The lowest BCUT2D eigenvalue weighted by molar-refractivity contribution is -0.117. The highest BCUT2D eigenvalue weighted by Crippen LogP contribution is 2.22. The Kier molecular flexibility index (Phi) is 6.48.